The van der Waals surface area contributed by atoms with E-state index in [1.54, 1.807) is 0 Å². The molecule has 1 fully saturated rings. The first-order chi connectivity index (χ1) is 12.3. The van der Waals surface area contributed by atoms with E-state index in [0.29, 0.717) is 0 Å². The van der Waals surface area contributed by atoms with Crippen molar-refractivity contribution < 1.29 is 0 Å². The summed E-state index contributed by atoms with van der Waals surface area (Å²) in [6.07, 6.45) is 14.3. The van der Waals surface area contributed by atoms with Gasteiger partial charge < -0.3 is 9.46 Å². The molecule has 0 aromatic carbocycles. The van der Waals surface area contributed by atoms with Crippen LogP contribution >= 0.6 is 0 Å². The lowest BCUT2D eigenvalue weighted by Gasteiger charge is -2.15. The van der Waals surface area contributed by atoms with E-state index >= 15 is 0 Å². The van der Waals surface area contributed by atoms with Gasteiger partial charge in [0.1, 0.15) is 0 Å². The third kappa shape index (κ3) is 2.46. The molecule has 2 aromatic rings. The summed E-state index contributed by atoms with van der Waals surface area (Å²) in [5, 5.41) is 0. The molecule has 0 radical (unpaired) electrons. The molecule has 0 spiro atoms. The average molecular weight is 329 g/mol. The Kier molecular flexibility index (Phi) is 3.58. The van der Waals surface area contributed by atoms with Gasteiger partial charge in [-0.2, -0.15) is 0 Å². The maximum atomic E-state index is 5.06. The highest BCUT2D eigenvalue weighted by molar-refractivity contribution is 6.10. The predicted molar refractivity (Wildman–Crippen MR) is 106 cm³/mol. The average Bonchev–Trinajstić information content (AvgIpc) is 3.36. The fourth-order valence-electron chi connectivity index (χ4n) is 4.66. The number of allylic oxidation sites excluding steroid dienone is 2. The maximum Gasteiger partial charge on any atom is 0.223 e. The van der Waals surface area contributed by atoms with E-state index in [2.05, 4.69) is 41.7 Å². The van der Waals surface area contributed by atoms with Crippen molar-refractivity contribution in [1.29, 1.82) is 0 Å². The highest BCUT2D eigenvalue weighted by atomic mass is 14.9. The van der Waals surface area contributed by atoms with Crippen molar-refractivity contribution in [3.05, 3.63) is 64.4 Å². The Morgan fingerprint density at radius 2 is 1.92 bits per heavy atom. The first-order valence-electron chi connectivity index (χ1n) is 9.65. The molecule has 0 saturated heterocycles. The summed E-state index contributed by atoms with van der Waals surface area (Å²) in [7, 11) is 2.23. The van der Waals surface area contributed by atoms with Crippen LogP contribution < -0.4 is 0 Å². The van der Waals surface area contributed by atoms with Crippen LogP contribution in [0, 0.1) is 0 Å². The highest BCUT2D eigenvalue weighted by Gasteiger charge is 2.25. The van der Waals surface area contributed by atoms with Crippen LogP contribution in [0.3, 0.4) is 0 Å². The first-order valence-corrected chi connectivity index (χ1v) is 9.65. The van der Waals surface area contributed by atoms with E-state index in [9.17, 15) is 0 Å². The molecule has 1 N–H and O–H groups in total. The van der Waals surface area contributed by atoms with Crippen LogP contribution in [0.25, 0.3) is 5.57 Å². The topological polar surface area (TPSA) is 33.1 Å². The molecule has 0 atom stereocenters. The number of rotatable bonds is 2. The molecule has 3 aliphatic rings. The molecule has 2 aromatic heterocycles. The van der Waals surface area contributed by atoms with Crippen molar-refractivity contribution >= 4 is 19.3 Å². The van der Waals surface area contributed by atoms with Crippen molar-refractivity contribution in [1.82, 2.24) is 9.46 Å². The smallest absolute Gasteiger partial charge is 0.223 e. The van der Waals surface area contributed by atoms with Crippen LogP contribution in [0.5, 0.6) is 0 Å². The van der Waals surface area contributed by atoms with Crippen molar-refractivity contribution in [2.75, 3.05) is 0 Å². The Morgan fingerprint density at radius 3 is 2.72 bits per heavy atom. The van der Waals surface area contributed by atoms with Crippen molar-refractivity contribution in [2.24, 2.45) is 4.99 Å². The van der Waals surface area contributed by atoms with Gasteiger partial charge in [0.2, 0.25) is 7.98 Å². The Bertz CT molecular complexity index is 885. The summed E-state index contributed by atoms with van der Waals surface area (Å²) in [5.74, 6) is 0. The molecule has 0 amide bonds. The van der Waals surface area contributed by atoms with Crippen LogP contribution in [-0.2, 0) is 12.8 Å². The molecule has 126 valence electrons. The van der Waals surface area contributed by atoms with E-state index < -0.39 is 0 Å². The lowest BCUT2D eigenvalue weighted by Crippen LogP contribution is -2.08. The van der Waals surface area contributed by atoms with Crippen LogP contribution in [0.4, 0.5) is 0 Å². The number of hydrogen-bond acceptors (Lipinski definition) is 1. The third-order valence-electron chi connectivity index (χ3n) is 5.98. The summed E-state index contributed by atoms with van der Waals surface area (Å²) >= 11 is 0. The zero-order chi connectivity index (χ0) is 16.8. The van der Waals surface area contributed by atoms with Crippen LogP contribution in [0.1, 0.15) is 61.2 Å². The highest BCUT2D eigenvalue weighted by Crippen LogP contribution is 2.37. The van der Waals surface area contributed by atoms with E-state index in [-0.39, 0.29) is 0 Å². The minimum absolute atomic E-state index is 1.14. The largest absolute Gasteiger partial charge is 0.396 e. The second-order valence-corrected chi connectivity index (χ2v) is 7.55. The fourth-order valence-corrected chi connectivity index (χ4v) is 4.66. The fraction of sp³-hybridized carbons (Fsp3) is 0.381. The van der Waals surface area contributed by atoms with Gasteiger partial charge in [-0.3, -0.25) is 4.99 Å². The van der Waals surface area contributed by atoms with E-state index in [0.717, 1.165) is 12.1 Å². The van der Waals surface area contributed by atoms with Gasteiger partial charge in [-0.1, -0.05) is 0 Å². The number of H-pyrrole nitrogens is 1. The summed E-state index contributed by atoms with van der Waals surface area (Å²) < 4.78 is 2.42. The second kappa shape index (κ2) is 5.94. The van der Waals surface area contributed by atoms with Crippen LogP contribution in [-0.4, -0.2) is 23.2 Å². The zero-order valence-electron chi connectivity index (χ0n) is 14.9. The lowest BCUT2D eigenvalue weighted by molar-refractivity contribution is 0.671. The summed E-state index contributed by atoms with van der Waals surface area (Å²) in [6, 6.07) is 6.67. The zero-order valence-corrected chi connectivity index (χ0v) is 14.9. The number of fused-ring (bicyclic) bond motifs is 2. The van der Waals surface area contributed by atoms with E-state index in [1.165, 1.54) is 84.4 Å². The molecule has 1 aliphatic heterocycles. The molecule has 3 heterocycles. The number of hydrogen-bond donors (Lipinski definition) is 1. The summed E-state index contributed by atoms with van der Waals surface area (Å²) in [5.41, 5.74) is 10.7. The first kappa shape index (κ1) is 15.1. The molecule has 5 rings (SSSR count). The van der Waals surface area contributed by atoms with Crippen molar-refractivity contribution in [3.63, 3.8) is 0 Å². The van der Waals surface area contributed by atoms with Gasteiger partial charge in [-0.25, -0.2) is 0 Å². The minimum Gasteiger partial charge on any atom is -0.396 e. The van der Waals surface area contributed by atoms with Gasteiger partial charge in [-0.05, 0) is 86.8 Å². The van der Waals surface area contributed by atoms with Crippen molar-refractivity contribution in [3.8, 4) is 0 Å². The molecule has 2 aliphatic carbocycles. The SMILES string of the molecule is Bn1c(/C(=C2/C=C3CCCCC3=N2)c2ccc[nH]2)cc2c1CCCC2. The Labute approximate surface area is 150 Å². The van der Waals surface area contributed by atoms with Crippen molar-refractivity contribution in [2.45, 2.75) is 51.4 Å². The Balaban J connectivity index is 1.71. The summed E-state index contributed by atoms with van der Waals surface area (Å²) in [4.78, 5) is 8.49. The monoisotopic (exact) mass is 329 g/mol. The molecule has 4 heteroatoms. The second-order valence-electron chi connectivity index (χ2n) is 7.55. The third-order valence-corrected chi connectivity index (χ3v) is 5.98. The molecule has 0 unspecified atom stereocenters. The molecule has 0 bridgehead atoms. The van der Waals surface area contributed by atoms with Gasteiger partial charge in [0.25, 0.3) is 0 Å². The normalized spacial score (nSPS) is 21.4. The number of aromatic nitrogens is 2. The molecule has 3 nitrogen and oxygen atoms in total. The number of aromatic amines is 1. The molecular weight excluding hydrogens is 305 g/mol. The minimum atomic E-state index is 1.14. The molecular formula is C21H24BN3. The number of nitrogens with one attached hydrogen (secondary N) is 1. The predicted octanol–water partition coefficient (Wildman–Crippen LogP) is 3.81. The molecule has 25 heavy (non-hydrogen) atoms. The lowest BCUT2D eigenvalue weighted by atomic mass is 9.93. The Hall–Kier alpha value is -2.23. The summed E-state index contributed by atoms with van der Waals surface area (Å²) in [6.45, 7) is 0. The Morgan fingerprint density at radius 1 is 1.08 bits per heavy atom. The number of nitrogens with zero attached hydrogens (tertiary/aromatic N) is 2. The van der Waals surface area contributed by atoms with Crippen LogP contribution in [0.2, 0.25) is 0 Å². The van der Waals surface area contributed by atoms with E-state index in [4.69, 9.17) is 4.99 Å². The van der Waals surface area contributed by atoms with Crippen LogP contribution in [0.15, 0.2) is 46.7 Å². The standard InChI is InChI=1S/C21H24BN3/c22-25-19-10-4-2-7-15(19)13-20(25)21(17-9-5-11-23-17)18-12-14-6-1-3-8-16(14)24-18/h5,9,11-13,23H,1-4,6-8,10,22H2/b21-18-. The van der Waals surface area contributed by atoms with Gasteiger partial charge in [0, 0.05) is 34.6 Å². The van der Waals surface area contributed by atoms with Gasteiger partial charge >= 0.3 is 0 Å². The van der Waals surface area contributed by atoms with Gasteiger partial charge in [0.05, 0.1) is 5.70 Å². The molecule has 1 saturated carbocycles. The van der Waals surface area contributed by atoms with E-state index in [1.807, 2.05) is 6.20 Å². The number of aliphatic imine (C=N–C) groups is 1. The number of aryl methyl sites for hydroxylation is 1. The van der Waals surface area contributed by atoms with Gasteiger partial charge in [-0.15, -0.1) is 0 Å². The van der Waals surface area contributed by atoms with Gasteiger partial charge in [0.15, 0.2) is 0 Å². The quantitative estimate of drug-likeness (QED) is 0.813. The maximum absolute atomic E-state index is 5.06.